The topological polar surface area (TPSA) is 48.0 Å². The minimum absolute atomic E-state index is 0.0837. The lowest BCUT2D eigenvalue weighted by Gasteiger charge is -2.46. The number of nitrogens with zero attached hydrogens (tertiary/aromatic N) is 1. The summed E-state index contributed by atoms with van der Waals surface area (Å²) in [6.07, 6.45) is 0.865. The normalized spacial score (nSPS) is 24.9. The molecule has 2 bridgehead atoms. The fourth-order valence-corrected chi connectivity index (χ4v) is 2.61. The molecule has 1 aromatic rings. The Morgan fingerprint density at radius 3 is 2.79 bits per heavy atom. The molecule has 0 spiro atoms. The molecule has 3 heterocycles. The van der Waals surface area contributed by atoms with Crippen molar-refractivity contribution < 1.29 is 19.0 Å². The van der Waals surface area contributed by atoms with Gasteiger partial charge < -0.3 is 19.1 Å². The van der Waals surface area contributed by atoms with Crippen molar-refractivity contribution in [3.8, 4) is 11.5 Å². The zero-order valence-corrected chi connectivity index (χ0v) is 11.1. The second-order valence-corrected chi connectivity index (χ2v) is 4.88. The number of carbonyl (C=O) groups excluding carboxylic acids is 1. The summed E-state index contributed by atoms with van der Waals surface area (Å²) in [7, 11) is 3.24. The summed E-state index contributed by atoms with van der Waals surface area (Å²) in [4.78, 5) is 13.9. The number of hydrogen-bond donors (Lipinski definition) is 0. The lowest BCUT2D eigenvalue weighted by molar-refractivity contribution is -0.199. The van der Waals surface area contributed by atoms with E-state index in [2.05, 4.69) is 0 Å². The van der Waals surface area contributed by atoms with Crippen LogP contribution in [0, 0.1) is 0 Å². The van der Waals surface area contributed by atoms with E-state index in [1.54, 1.807) is 14.2 Å². The monoisotopic (exact) mass is 263 g/mol. The van der Waals surface area contributed by atoms with E-state index in [-0.39, 0.29) is 18.1 Å². The van der Waals surface area contributed by atoms with Crippen molar-refractivity contribution >= 4 is 5.91 Å². The molecule has 3 aliphatic rings. The highest BCUT2D eigenvalue weighted by molar-refractivity contribution is 5.83. The van der Waals surface area contributed by atoms with Crippen LogP contribution in [0.15, 0.2) is 18.2 Å². The molecule has 5 nitrogen and oxygen atoms in total. The Hall–Kier alpha value is -1.75. The van der Waals surface area contributed by atoms with Crippen LogP contribution in [-0.4, -0.2) is 43.8 Å². The van der Waals surface area contributed by atoms with Crippen LogP contribution in [0.3, 0.4) is 0 Å². The highest BCUT2D eigenvalue weighted by atomic mass is 16.5. The first-order chi connectivity index (χ1) is 9.21. The van der Waals surface area contributed by atoms with E-state index in [1.807, 2.05) is 23.1 Å². The van der Waals surface area contributed by atoms with Crippen LogP contribution < -0.4 is 9.47 Å². The molecule has 0 radical (unpaired) electrons. The maximum atomic E-state index is 12.0. The van der Waals surface area contributed by atoms with E-state index < -0.39 is 0 Å². The molecule has 0 saturated carbocycles. The standard InChI is InChI=1S/C14H17NO4/c1-17-10-4-3-9(12(5-10)18-2)7-15-8-11-6-13(19-11)14(15)16/h3-5,11,13H,6-8H2,1-2H3/t11-,13+/m0/s1. The Morgan fingerprint density at radius 2 is 2.16 bits per heavy atom. The quantitative estimate of drug-likeness (QED) is 0.819. The van der Waals surface area contributed by atoms with Crippen LogP contribution in [0.4, 0.5) is 0 Å². The summed E-state index contributed by atoms with van der Waals surface area (Å²) >= 11 is 0. The van der Waals surface area contributed by atoms with Crippen molar-refractivity contribution in [1.29, 1.82) is 0 Å². The third-order valence-electron chi connectivity index (χ3n) is 3.70. The minimum atomic E-state index is -0.219. The molecular formula is C14H17NO4. The zero-order valence-electron chi connectivity index (χ0n) is 11.1. The summed E-state index contributed by atoms with van der Waals surface area (Å²) in [6, 6.07) is 5.65. The van der Waals surface area contributed by atoms with Gasteiger partial charge in [-0.3, -0.25) is 4.79 Å². The van der Waals surface area contributed by atoms with E-state index in [4.69, 9.17) is 14.2 Å². The van der Waals surface area contributed by atoms with Crippen molar-refractivity contribution in [3.63, 3.8) is 0 Å². The molecule has 3 saturated heterocycles. The average molecular weight is 263 g/mol. The third-order valence-corrected chi connectivity index (χ3v) is 3.70. The van der Waals surface area contributed by atoms with Gasteiger partial charge in [0.25, 0.3) is 5.91 Å². The molecule has 4 rings (SSSR count). The number of benzene rings is 1. The van der Waals surface area contributed by atoms with Gasteiger partial charge >= 0.3 is 0 Å². The maximum Gasteiger partial charge on any atom is 0.252 e. The fraction of sp³-hybridized carbons (Fsp3) is 0.500. The Bertz CT molecular complexity index is 496. The Balaban J connectivity index is 1.77. The molecule has 3 aliphatic heterocycles. The van der Waals surface area contributed by atoms with Crippen molar-refractivity contribution in [3.05, 3.63) is 23.8 Å². The van der Waals surface area contributed by atoms with E-state index >= 15 is 0 Å². The summed E-state index contributed by atoms with van der Waals surface area (Å²) in [5.41, 5.74) is 0.984. The SMILES string of the molecule is COc1ccc(CN2C[C@@H]3C[C@@H](O3)C2=O)c(OC)c1. The number of morpholine rings is 1. The number of methoxy groups -OCH3 is 2. The predicted molar refractivity (Wildman–Crippen MR) is 68.2 cm³/mol. The average Bonchev–Trinajstić information content (AvgIpc) is 2.39. The van der Waals surface area contributed by atoms with E-state index in [0.717, 1.165) is 23.5 Å². The zero-order chi connectivity index (χ0) is 13.4. The van der Waals surface area contributed by atoms with Crippen LogP contribution in [0.1, 0.15) is 12.0 Å². The van der Waals surface area contributed by atoms with Gasteiger partial charge in [-0.05, 0) is 12.1 Å². The number of amides is 1. The van der Waals surface area contributed by atoms with E-state index in [1.165, 1.54) is 0 Å². The van der Waals surface area contributed by atoms with Crippen LogP contribution in [0.5, 0.6) is 11.5 Å². The van der Waals surface area contributed by atoms with Crippen LogP contribution in [0.2, 0.25) is 0 Å². The first-order valence-electron chi connectivity index (χ1n) is 6.36. The lowest BCUT2D eigenvalue weighted by Crippen LogP contribution is -2.60. The number of ether oxygens (including phenoxy) is 3. The van der Waals surface area contributed by atoms with E-state index in [0.29, 0.717) is 13.1 Å². The number of hydrogen-bond acceptors (Lipinski definition) is 4. The van der Waals surface area contributed by atoms with Gasteiger partial charge in [0.1, 0.15) is 17.6 Å². The number of piperidine rings is 1. The number of carbonyl (C=O) groups is 1. The van der Waals surface area contributed by atoms with Gasteiger partial charge in [-0.25, -0.2) is 0 Å². The van der Waals surface area contributed by atoms with Gasteiger partial charge in [0.2, 0.25) is 0 Å². The second-order valence-electron chi connectivity index (χ2n) is 4.88. The largest absolute Gasteiger partial charge is 0.497 e. The highest BCUT2D eigenvalue weighted by Crippen LogP contribution is 2.32. The van der Waals surface area contributed by atoms with E-state index in [9.17, 15) is 4.79 Å². The van der Waals surface area contributed by atoms with Gasteiger partial charge in [0.05, 0.1) is 20.3 Å². The first kappa shape index (κ1) is 12.3. The van der Waals surface area contributed by atoms with Crippen LogP contribution >= 0.6 is 0 Å². The maximum absolute atomic E-state index is 12.0. The Kier molecular flexibility index (Phi) is 3.06. The molecule has 19 heavy (non-hydrogen) atoms. The molecule has 0 unspecified atom stereocenters. The van der Waals surface area contributed by atoms with Crippen LogP contribution in [-0.2, 0) is 16.1 Å². The molecular weight excluding hydrogens is 246 g/mol. The van der Waals surface area contributed by atoms with Gasteiger partial charge in [0, 0.05) is 31.1 Å². The third kappa shape index (κ3) is 2.14. The summed E-state index contributed by atoms with van der Waals surface area (Å²) < 4.78 is 15.9. The number of rotatable bonds is 4. The minimum Gasteiger partial charge on any atom is -0.497 e. The molecule has 2 atom stereocenters. The Labute approximate surface area is 112 Å². The lowest BCUT2D eigenvalue weighted by atomic mass is 9.97. The first-order valence-corrected chi connectivity index (χ1v) is 6.36. The van der Waals surface area contributed by atoms with Gasteiger partial charge in [0.15, 0.2) is 0 Å². The number of fused-ring (bicyclic) bond motifs is 2. The van der Waals surface area contributed by atoms with Crippen molar-refractivity contribution in [2.45, 2.75) is 25.2 Å². The van der Waals surface area contributed by atoms with Gasteiger partial charge in [-0.1, -0.05) is 0 Å². The smallest absolute Gasteiger partial charge is 0.252 e. The van der Waals surface area contributed by atoms with Crippen molar-refractivity contribution in [2.24, 2.45) is 0 Å². The molecule has 1 amide bonds. The predicted octanol–water partition coefficient (Wildman–Crippen LogP) is 1.20. The van der Waals surface area contributed by atoms with Gasteiger partial charge in [-0.2, -0.15) is 0 Å². The van der Waals surface area contributed by atoms with Crippen molar-refractivity contribution in [2.75, 3.05) is 20.8 Å². The molecule has 3 fully saturated rings. The van der Waals surface area contributed by atoms with Crippen LogP contribution in [0.25, 0.3) is 0 Å². The summed E-state index contributed by atoms with van der Waals surface area (Å²) in [5, 5.41) is 0. The summed E-state index contributed by atoms with van der Waals surface area (Å²) in [5.74, 6) is 1.57. The fourth-order valence-electron chi connectivity index (χ4n) is 2.61. The summed E-state index contributed by atoms with van der Waals surface area (Å²) in [6.45, 7) is 1.23. The Morgan fingerprint density at radius 1 is 1.37 bits per heavy atom. The molecule has 0 aromatic heterocycles. The molecule has 102 valence electrons. The highest BCUT2D eigenvalue weighted by Gasteiger charge is 2.44. The van der Waals surface area contributed by atoms with Crippen molar-refractivity contribution in [1.82, 2.24) is 4.90 Å². The molecule has 0 N–H and O–H groups in total. The second kappa shape index (κ2) is 4.74. The van der Waals surface area contributed by atoms with Gasteiger partial charge in [-0.15, -0.1) is 0 Å². The molecule has 0 aliphatic carbocycles. The molecule has 5 heteroatoms. The molecule has 1 aromatic carbocycles.